The first-order chi connectivity index (χ1) is 10.6. The Balaban J connectivity index is 0.000000220. The van der Waals surface area contributed by atoms with E-state index in [9.17, 15) is 4.79 Å². The first kappa shape index (κ1) is 18.0. The minimum Gasteiger partial charge on any atom is -0.478 e. The third-order valence-electron chi connectivity index (χ3n) is 3.37. The van der Waals surface area contributed by atoms with E-state index in [0.29, 0.717) is 0 Å². The SMILES string of the molecule is CCCCCN1C=CN(C)C1.O=C(O)c1ccc(CO)cc1. The molecule has 122 valence electrons. The molecule has 0 atom stereocenters. The van der Waals surface area contributed by atoms with Gasteiger partial charge in [-0.2, -0.15) is 0 Å². The Morgan fingerprint density at radius 3 is 2.32 bits per heavy atom. The predicted octanol–water partition coefficient (Wildman–Crippen LogP) is 2.73. The smallest absolute Gasteiger partial charge is 0.335 e. The summed E-state index contributed by atoms with van der Waals surface area (Å²) in [5.74, 6) is -0.950. The fourth-order valence-electron chi connectivity index (χ4n) is 2.05. The van der Waals surface area contributed by atoms with Gasteiger partial charge in [-0.1, -0.05) is 31.9 Å². The number of rotatable bonds is 6. The summed E-state index contributed by atoms with van der Waals surface area (Å²) in [6, 6.07) is 6.11. The molecule has 0 spiro atoms. The predicted molar refractivity (Wildman–Crippen MR) is 87.3 cm³/mol. The number of aliphatic hydroxyl groups is 1. The third-order valence-corrected chi connectivity index (χ3v) is 3.37. The molecule has 1 aromatic rings. The summed E-state index contributed by atoms with van der Waals surface area (Å²) >= 11 is 0. The van der Waals surface area contributed by atoms with Crippen molar-refractivity contribution in [1.82, 2.24) is 9.80 Å². The maximum absolute atomic E-state index is 10.3. The lowest BCUT2D eigenvalue weighted by Crippen LogP contribution is -2.23. The molecule has 0 aliphatic carbocycles. The minimum atomic E-state index is -0.950. The van der Waals surface area contributed by atoms with Gasteiger partial charge in [0, 0.05) is 26.0 Å². The first-order valence-electron chi connectivity index (χ1n) is 7.62. The monoisotopic (exact) mass is 306 g/mol. The Morgan fingerprint density at radius 2 is 1.86 bits per heavy atom. The molecular weight excluding hydrogens is 280 g/mol. The highest BCUT2D eigenvalue weighted by molar-refractivity contribution is 5.87. The van der Waals surface area contributed by atoms with Crippen LogP contribution in [0.15, 0.2) is 36.7 Å². The van der Waals surface area contributed by atoms with E-state index < -0.39 is 5.97 Å². The molecule has 0 bridgehead atoms. The fraction of sp³-hybridized carbons (Fsp3) is 0.471. The second-order valence-corrected chi connectivity index (χ2v) is 5.38. The molecule has 0 aromatic heterocycles. The highest BCUT2D eigenvalue weighted by atomic mass is 16.4. The Bertz CT molecular complexity index is 471. The van der Waals surface area contributed by atoms with Crippen molar-refractivity contribution in [3.63, 3.8) is 0 Å². The van der Waals surface area contributed by atoms with Crippen molar-refractivity contribution in [2.24, 2.45) is 0 Å². The first-order valence-corrected chi connectivity index (χ1v) is 7.62. The molecule has 2 rings (SSSR count). The molecule has 5 heteroatoms. The fourth-order valence-corrected chi connectivity index (χ4v) is 2.05. The van der Waals surface area contributed by atoms with Crippen molar-refractivity contribution in [3.05, 3.63) is 47.8 Å². The molecule has 0 unspecified atom stereocenters. The topological polar surface area (TPSA) is 64.0 Å². The molecule has 1 aliphatic rings. The molecule has 2 N–H and O–H groups in total. The zero-order valence-corrected chi connectivity index (χ0v) is 13.4. The number of aliphatic hydroxyl groups excluding tert-OH is 1. The van der Waals surface area contributed by atoms with Gasteiger partial charge in [-0.3, -0.25) is 0 Å². The summed E-state index contributed by atoms with van der Waals surface area (Å²) in [6.07, 6.45) is 8.30. The van der Waals surface area contributed by atoms with Crippen LogP contribution in [0.1, 0.15) is 42.1 Å². The van der Waals surface area contributed by atoms with Crippen LogP contribution in [0.2, 0.25) is 0 Å². The van der Waals surface area contributed by atoms with Crippen LogP contribution in [0.25, 0.3) is 0 Å². The van der Waals surface area contributed by atoms with Gasteiger partial charge in [0.15, 0.2) is 0 Å². The van der Waals surface area contributed by atoms with Crippen molar-refractivity contribution in [1.29, 1.82) is 0 Å². The summed E-state index contributed by atoms with van der Waals surface area (Å²) in [7, 11) is 2.11. The van der Waals surface area contributed by atoms with E-state index in [2.05, 4.69) is 36.2 Å². The molecule has 1 aliphatic heterocycles. The molecular formula is C17H26N2O3. The van der Waals surface area contributed by atoms with E-state index in [1.807, 2.05) is 0 Å². The average Bonchev–Trinajstić information content (AvgIpc) is 2.94. The Morgan fingerprint density at radius 1 is 1.18 bits per heavy atom. The Labute approximate surface area is 132 Å². The molecule has 0 saturated carbocycles. The number of carboxylic acid groups (broad SMARTS) is 1. The van der Waals surface area contributed by atoms with E-state index in [0.717, 1.165) is 12.2 Å². The largest absolute Gasteiger partial charge is 0.478 e. The van der Waals surface area contributed by atoms with Crippen LogP contribution in [0.4, 0.5) is 0 Å². The summed E-state index contributed by atoms with van der Waals surface area (Å²) in [5.41, 5.74) is 0.956. The highest BCUT2D eigenvalue weighted by Crippen LogP contribution is 2.06. The van der Waals surface area contributed by atoms with Gasteiger partial charge in [-0.25, -0.2) is 4.79 Å². The zero-order chi connectivity index (χ0) is 16.4. The molecule has 0 fully saturated rings. The lowest BCUT2D eigenvalue weighted by atomic mass is 10.1. The number of hydrogen-bond acceptors (Lipinski definition) is 4. The minimum absolute atomic E-state index is 0.0557. The van der Waals surface area contributed by atoms with Crippen LogP contribution < -0.4 is 0 Å². The van der Waals surface area contributed by atoms with Gasteiger partial charge in [0.2, 0.25) is 0 Å². The summed E-state index contributed by atoms with van der Waals surface area (Å²) in [6.45, 7) is 4.48. The number of nitrogens with zero attached hydrogens (tertiary/aromatic N) is 2. The van der Waals surface area contributed by atoms with Crippen LogP contribution in [0.3, 0.4) is 0 Å². The van der Waals surface area contributed by atoms with E-state index >= 15 is 0 Å². The number of benzene rings is 1. The highest BCUT2D eigenvalue weighted by Gasteiger charge is 2.06. The molecule has 0 amide bonds. The normalized spacial score (nSPS) is 13.0. The van der Waals surface area contributed by atoms with Crippen molar-refractivity contribution in [2.75, 3.05) is 20.3 Å². The van der Waals surface area contributed by atoms with E-state index in [1.165, 1.54) is 37.9 Å². The zero-order valence-electron chi connectivity index (χ0n) is 13.4. The molecule has 5 nitrogen and oxygen atoms in total. The van der Waals surface area contributed by atoms with Gasteiger partial charge in [-0.05, 0) is 24.1 Å². The van der Waals surface area contributed by atoms with Gasteiger partial charge in [0.05, 0.1) is 18.8 Å². The standard InChI is InChI=1S/C9H18N2.C8H8O3/c1-3-4-5-6-11-8-7-10(2)9-11;9-5-6-1-3-7(4-2-6)8(10)11/h7-8H,3-6,9H2,1-2H3;1-4,9H,5H2,(H,10,11). The second-order valence-electron chi connectivity index (χ2n) is 5.38. The average molecular weight is 306 g/mol. The molecule has 22 heavy (non-hydrogen) atoms. The van der Waals surface area contributed by atoms with Crippen LogP contribution in [-0.4, -0.2) is 46.2 Å². The lowest BCUT2D eigenvalue weighted by Gasteiger charge is -2.17. The van der Waals surface area contributed by atoms with E-state index in [1.54, 1.807) is 12.1 Å². The van der Waals surface area contributed by atoms with Crippen molar-refractivity contribution >= 4 is 5.97 Å². The molecule has 1 aromatic carbocycles. The maximum atomic E-state index is 10.3. The van der Waals surface area contributed by atoms with Gasteiger partial charge < -0.3 is 20.0 Å². The quantitative estimate of drug-likeness (QED) is 0.791. The Kier molecular flexibility index (Phi) is 8.07. The number of carboxylic acids is 1. The molecule has 0 saturated heterocycles. The van der Waals surface area contributed by atoms with E-state index in [-0.39, 0.29) is 12.2 Å². The van der Waals surface area contributed by atoms with Crippen LogP contribution in [-0.2, 0) is 6.61 Å². The molecule has 0 radical (unpaired) electrons. The summed E-state index contributed by atoms with van der Waals surface area (Å²) in [5, 5.41) is 17.1. The second kappa shape index (κ2) is 9.84. The van der Waals surface area contributed by atoms with Gasteiger partial charge in [0.25, 0.3) is 0 Å². The van der Waals surface area contributed by atoms with Gasteiger partial charge in [-0.15, -0.1) is 0 Å². The van der Waals surface area contributed by atoms with E-state index in [4.69, 9.17) is 10.2 Å². The summed E-state index contributed by atoms with van der Waals surface area (Å²) in [4.78, 5) is 14.9. The molecule has 1 heterocycles. The number of unbranched alkanes of at least 4 members (excludes halogenated alkanes) is 2. The summed E-state index contributed by atoms with van der Waals surface area (Å²) < 4.78 is 0. The third kappa shape index (κ3) is 6.63. The number of carbonyl (C=O) groups is 1. The van der Waals surface area contributed by atoms with Crippen LogP contribution in [0, 0.1) is 0 Å². The Hall–Kier alpha value is -2.01. The number of aromatic carboxylic acids is 1. The lowest BCUT2D eigenvalue weighted by molar-refractivity contribution is 0.0697. The van der Waals surface area contributed by atoms with Crippen molar-refractivity contribution < 1.29 is 15.0 Å². The van der Waals surface area contributed by atoms with Crippen LogP contribution in [0.5, 0.6) is 0 Å². The number of hydrogen-bond donors (Lipinski definition) is 2. The van der Waals surface area contributed by atoms with Crippen LogP contribution >= 0.6 is 0 Å². The maximum Gasteiger partial charge on any atom is 0.335 e. The van der Waals surface area contributed by atoms with Gasteiger partial charge in [0.1, 0.15) is 0 Å². The van der Waals surface area contributed by atoms with Crippen molar-refractivity contribution in [2.45, 2.75) is 32.8 Å². The van der Waals surface area contributed by atoms with Crippen molar-refractivity contribution in [3.8, 4) is 0 Å². The van der Waals surface area contributed by atoms with Gasteiger partial charge >= 0.3 is 5.97 Å².